The quantitative estimate of drug-likeness (QED) is 0.0175. The third kappa shape index (κ3) is 25.1. The SMILES string of the molecule is CCOC(=O)C1=C(CN2CCOC[C@@H]2CO)NC(c2nccs2)=NC1c1ccc(Cl)cc1Cl.CCOC(=O)C1=C(CN2CCOC[C@@H]2CO)NC(c2nccs2)=NC1c1ccc(F)cc1Br.CCOC(=O)C1=C(CN2CCOC[C@@H]2CO)NC(c2nccs2)=NC1c1ccc(F)cc1Cl.COC(=O)C1=C(CN2CCOC[C@@H]2CO)NC(c2nccs2)=NC1c1ccc(F)cc1Br. The van der Waals surface area contributed by atoms with E-state index in [0.29, 0.717) is 229 Å². The smallest absolute Gasteiger partial charge is 0.338 e. The Labute approximate surface area is 800 Å². The van der Waals surface area contributed by atoms with Crippen molar-refractivity contribution < 1.29 is 90.7 Å². The summed E-state index contributed by atoms with van der Waals surface area (Å²) in [6.45, 7) is 13.0. The molecule has 16 rings (SSSR count). The highest BCUT2D eigenvalue weighted by Crippen LogP contribution is 2.43. The summed E-state index contributed by atoms with van der Waals surface area (Å²) in [7, 11) is 1.31. The van der Waals surface area contributed by atoms with Gasteiger partial charge in [-0.2, -0.15) is 0 Å². The van der Waals surface area contributed by atoms with Gasteiger partial charge in [0.05, 0.1) is 153 Å². The number of hydrogen-bond donors (Lipinski definition) is 8. The Morgan fingerprint density at radius 1 is 0.420 bits per heavy atom. The first-order valence-electron chi connectivity index (χ1n) is 41.6. The number of aliphatic imine (C=N–C) groups is 4. The average molecular weight is 2070 g/mol. The van der Waals surface area contributed by atoms with Crippen LogP contribution in [0.2, 0.25) is 15.1 Å². The molecule has 8 aliphatic rings. The van der Waals surface area contributed by atoms with Crippen LogP contribution in [0.1, 0.15) is 87.2 Å². The van der Waals surface area contributed by atoms with E-state index in [2.05, 4.69) is 87.8 Å². The molecule has 4 fully saturated rings. The largest absolute Gasteiger partial charge is 0.466 e. The van der Waals surface area contributed by atoms with Crippen molar-refractivity contribution in [2.24, 2.45) is 20.0 Å². The van der Waals surface area contributed by atoms with Crippen molar-refractivity contribution in [3.63, 3.8) is 0 Å². The first-order valence-corrected chi connectivity index (χ1v) is 47.8. The number of amidine groups is 4. The number of morpholine rings is 4. The van der Waals surface area contributed by atoms with Crippen LogP contribution in [0.4, 0.5) is 13.2 Å². The monoisotopic (exact) mass is 2070 g/mol. The van der Waals surface area contributed by atoms with Gasteiger partial charge in [0.15, 0.2) is 43.4 Å². The number of aromatic nitrogens is 4. The van der Waals surface area contributed by atoms with E-state index < -0.39 is 65.5 Å². The molecule has 8 N–H and O–H groups in total. The molecule has 0 spiro atoms. The lowest BCUT2D eigenvalue weighted by Gasteiger charge is -2.37. The Bertz CT molecular complexity index is 5180. The molecule has 0 saturated carbocycles. The number of ether oxygens (including phenoxy) is 8. The number of carbonyl (C=O) groups excluding carboxylic acids is 4. The molecule has 8 aliphatic heterocycles. The number of nitrogens with one attached hydrogen (secondary N) is 4. The Morgan fingerprint density at radius 2 is 0.695 bits per heavy atom. The summed E-state index contributed by atoms with van der Waals surface area (Å²) in [5.74, 6) is -1.30. The zero-order valence-electron chi connectivity index (χ0n) is 71.1. The zero-order chi connectivity index (χ0) is 92.8. The Morgan fingerprint density at radius 3 is 0.954 bits per heavy atom. The number of aliphatic hydroxyl groups excluding tert-OH is 4. The summed E-state index contributed by atoms with van der Waals surface area (Å²) in [4.78, 5) is 97.3. The van der Waals surface area contributed by atoms with E-state index in [1.165, 1.54) is 94.9 Å². The molecule has 4 aromatic carbocycles. The number of benzene rings is 4. The fourth-order valence-corrected chi connectivity index (χ4v) is 19.5. The highest BCUT2D eigenvalue weighted by Gasteiger charge is 2.42. The predicted octanol–water partition coefficient (Wildman–Crippen LogP) is 10.5. The number of esters is 4. The number of aliphatic hydroxyl groups is 4. The normalized spacial score (nSPS) is 21.6. The van der Waals surface area contributed by atoms with Gasteiger partial charge >= 0.3 is 23.9 Å². The molecule has 12 heterocycles. The van der Waals surface area contributed by atoms with Gasteiger partial charge in [-0.15, -0.1) is 45.3 Å². The van der Waals surface area contributed by atoms with Gasteiger partial charge in [-0.05, 0) is 80.4 Å². The number of hydrogen-bond acceptors (Lipinski definition) is 36. The summed E-state index contributed by atoms with van der Waals surface area (Å²) < 4.78 is 85.6. The van der Waals surface area contributed by atoms with Crippen LogP contribution in [0, 0.1) is 17.5 Å². The number of rotatable bonds is 27. The molecule has 8 aromatic rings. The Kier molecular flexibility index (Phi) is 36.9. The maximum absolute atomic E-state index is 13.8. The minimum absolute atomic E-state index is 0.0537. The van der Waals surface area contributed by atoms with Gasteiger partial charge in [0.2, 0.25) is 0 Å². The third-order valence-corrected chi connectivity index (χ3v) is 27.0. The van der Waals surface area contributed by atoms with E-state index in [-0.39, 0.29) is 81.0 Å². The number of carbonyl (C=O) groups is 4. The van der Waals surface area contributed by atoms with Gasteiger partial charge in [0.25, 0.3) is 0 Å². The average Bonchev–Trinajstić information content (AvgIpc) is 1.39. The lowest BCUT2D eigenvalue weighted by molar-refractivity contribution is -0.139. The number of nitrogens with zero attached hydrogens (tertiary/aromatic N) is 12. The van der Waals surface area contributed by atoms with Crippen LogP contribution in [0.25, 0.3) is 0 Å². The molecule has 4 unspecified atom stereocenters. The molecular weight excluding hydrogens is 1980 g/mol. The van der Waals surface area contributed by atoms with Gasteiger partial charge in [0, 0.05) is 157 Å². The third-order valence-electron chi connectivity index (χ3n) is 21.6. The molecule has 0 radical (unpaired) electrons. The summed E-state index contributed by atoms with van der Waals surface area (Å²) in [5.41, 5.74) is 6.09. The van der Waals surface area contributed by atoms with Gasteiger partial charge in [-0.25, -0.2) is 52.3 Å². The first kappa shape index (κ1) is 99.7. The minimum Gasteiger partial charge on any atom is -0.466 e. The molecule has 44 heteroatoms. The lowest BCUT2D eigenvalue weighted by Crippen LogP contribution is -2.50. The second-order valence-electron chi connectivity index (χ2n) is 29.8. The van der Waals surface area contributed by atoms with Crippen molar-refractivity contribution in [3.8, 4) is 0 Å². The molecule has 8 atom stereocenters. The molecule has 4 saturated heterocycles. The van der Waals surface area contributed by atoms with Crippen molar-refractivity contribution >= 4 is 159 Å². The molecule has 0 aliphatic carbocycles. The maximum Gasteiger partial charge on any atom is 0.338 e. The fourth-order valence-electron chi connectivity index (χ4n) is 15.2. The van der Waals surface area contributed by atoms with Crippen molar-refractivity contribution in [1.29, 1.82) is 0 Å². The summed E-state index contributed by atoms with van der Waals surface area (Å²) in [6.07, 6.45) is 6.72. The van der Waals surface area contributed by atoms with Crippen LogP contribution < -0.4 is 21.3 Å². The molecular formula is C87H94Br2Cl3F3N16O16S4. The predicted molar refractivity (Wildman–Crippen MR) is 497 cm³/mol. The maximum atomic E-state index is 13.8. The van der Waals surface area contributed by atoms with Crippen molar-refractivity contribution in [2.75, 3.05) is 159 Å². The Hall–Kier alpha value is -8.74. The van der Waals surface area contributed by atoms with Crippen LogP contribution >= 0.6 is 112 Å². The molecule has 698 valence electrons. The molecule has 4 aromatic heterocycles. The second kappa shape index (κ2) is 48.4. The fraction of sp³-hybridized carbons (Fsp3) is 0.402. The van der Waals surface area contributed by atoms with Crippen LogP contribution in [0.3, 0.4) is 0 Å². The number of halogens is 8. The number of thiazole rings is 4. The minimum atomic E-state index is -0.819. The van der Waals surface area contributed by atoms with E-state index in [1.807, 2.05) is 26.4 Å². The lowest BCUT2D eigenvalue weighted by atomic mass is 9.95. The highest BCUT2D eigenvalue weighted by molar-refractivity contribution is 9.10. The van der Waals surface area contributed by atoms with E-state index >= 15 is 0 Å². The van der Waals surface area contributed by atoms with Crippen molar-refractivity contribution in [3.05, 3.63) is 248 Å². The van der Waals surface area contributed by atoms with Gasteiger partial charge in [0.1, 0.15) is 41.6 Å². The molecule has 0 bridgehead atoms. The number of methoxy groups -OCH3 is 1. The van der Waals surface area contributed by atoms with Crippen molar-refractivity contribution in [1.82, 2.24) is 60.8 Å². The summed E-state index contributed by atoms with van der Waals surface area (Å²) in [5, 5.41) is 63.4. The van der Waals surface area contributed by atoms with Crippen molar-refractivity contribution in [2.45, 2.75) is 69.1 Å². The van der Waals surface area contributed by atoms with Crippen LogP contribution in [0.15, 0.2) is 193 Å². The summed E-state index contributed by atoms with van der Waals surface area (Å²) in [6, 6.07) is 13.9. The standard InChI is InChI=1S/C22H24BrFN4O4S.C22H24Cl2N4O4S.C22H24ClFN4O4S.C21H22BrFN4O4S/c1-2-32-22(30)18-17(10-28-6-7-31-12-14(28)11-29)26-20(21-25-5-8-33-21)27-19(18)15-4-3-13(24)9-16(15)23;1-2-32-22(30)18-17(10-28-6-7-31-12-14(28)11-29)26-20(21-25-5-8-33-21)27-19(18)15-4-3-13(23)9-16(15)24;1-2-32-22(30)18-17(10-28-6-7-31-12-14(28)11-29)26-20(21-25-5-8-33-21)27-19(18)15-4-3-13(24)9-16(15)23;1-30-21(29)17-16(9-27-5-6-31-11-13(27)10-28)25-19(20-24-4-7-32-20)26-18(17)14-3-2-12(23)8-15(14)22/h3*3-5,8-9,14,19,29H,2,6-7,10-12H2,1H3,(H,26,27);2-4,7-8,13,18,28H,5-6,9-11H2,1H3,(H,25,26)/t3*14-,19?;13-,18?/m0000/s1. The summed E-state index contributed by atoms with van der Waals surface area (Å²) >= 11 is 31.6. The topological polar surface area (TPSA) is 385 Å². The van der Waals surface area contributed by atoms with Crippen LogP contribution in [0.5, 0.6) is 0 Å². The zero-order valence-corrected chi connectivity index (χ0v) is 79.8. The van der Waals surface area contributed by atoms with Gasteiger partial charge in [-0.1, -0.05) is 90.9 Å². The van der Waals surface area contributed by atoms with Gasteiger partial charge in [-0.3, -0.25) is 39.6 Å². The van der Waals surface area contributed by atoms with E-state index in [9.17, 15) is 52.8 Å². The van der Waals surface area contributed by atoms with E-state index in [4.69, 9.17) is 92.7 Å². The second-order valence-corrected chi connectivity index (χ2v) is 36.3. The Balaban J connectivity index is 0.000000149. The van der Waals surface area contributed by atoms with Crippen LogP contribution in [-0.2, 0) is 57.1 Å². The molecule has 32 nitrogen and oxygen atoms in total. The molecule has 0 amide bonds. The van der Waals surface area contributed by atoms with E-state index in [0.717, 1.165) is 0 Å². The first-order chi connectivity index (χ1) is 63.5. The van der Waals surface area contributed by atoms with Crippen LogP contribution in [-0.4, -0.2) is 290 Å². The van der Waals surface area contributed by atoms with Gasteiger partial charge < -0.3 is 79.6 Å². The molecule has 131 heavy (non-hydrogen) atoms. The highest BCUT2D eigenvalue weighted by atomic mass is 79.9. The van der Waals surface area contributed by atoms with E-state index in [1.54, 1.807) is 75.9 Å².